The molecule has 0 aliphatic heterocycles. The molecule has 0 spiro atoms. The highest BCUT2D eigenvalue weighted by atomic mass is 16.7. The second kappa shape index (κ2) is 4.23. The number of fused-ring (bicyclic) bond motifs is 1. The van der Waals surface area contributed by atoms with E-state index in [-0.39, 0.29) is 0 Å². The minimum absolute atomic E-state index is 0.437. The van der Waals surface area contributed by atoms with E-state index in [2.05, 4.69) is 35.9 Å². The average Bonchev–Trinajstić information content (AvgIpc) is 2.63. The lowest BCUT2D eigenvalue weighted by atomic mass is 10.1. The third kappa shape index (κ3) is 1.81. The van der Waals surface area contributed by atoms with Gasteiger partial charge >= 0.3 is 0 Å². The molecule has 86 valence electrons. The fourth-order valence-corrected chi connectivity index (χ4v) is 1.72. The summed E-state index contributed by atoms with van der Waals surface area (Å²) in [4.78, 5) is 7.66. The van der Waals surface area contributed by atoms with Gasteiger partial charge in [0.25, 0.3) is 0 Å². The number of benzene rings is 1. The van der Waals surface area contributed by atoms with Crippen LogP contribution in [0.15, 0.2) is 12.1 Å². The van der Waals surface area contributed by atoms with Crippen LogP contribution in [0.1, 0.15) is 23.2 Å². The van der Waals surface area contributed by atoms with Crippen molar-refractivity contribution in [1.29, 1.82) is 0 Å². The minimum atomic E-state index is -0.437. The number of aromatic amines is 1. The van der Waals surface area contributed by atoms with Crippen LogP contribution in [0.25, 0.3) is 11.0 Å². The molecule has 0 unspecified atom stereocenters. The van der Waals surface area contributed by atoms with Crippen LogP contribution in [0.4, 0.5) is 0 Å². The van der Waals surface area contributed by atoms with E-state index in [9.17, 15) is 0 Å². The van der Waals surface area contributed by atoms with Gasteiger partial charge in [0.15, 0.2) is 5.82 Å². The van der Waals surface area contributed by atoms with Crippen molar-refractivity contribution in [2.24, 2.45) is 0 Å². The van der Waals surface area contributed by atoms with Crippen LogP contribution in [-0.2, 0) is 9.47 Å². The largest absolute Gasteiger partial charge is 0.349 e. The first kappa shape index (κ1) is 11.1. The maximum Gasteiger partial charge on any atom is 0.216 e. The van der Waals surface area contributed by atoms with E-state index in [0.717, 1.165) is 11.0 Å². The van der Waals surface area contributed by atoms with E-state index in [1.165, 1.54) is 11.1 Å². The lowest BCUT2D eigenvalue weighted by Crippen LogP contribution is -2.05. The third-order valence-corrected chi connectivity index (χ3v) is 2.77. The summed E-state index contributed by atoms with van der Waals surface area (Å²) < 4.78 is 10.3. The number of imidazole rings is 1. The van der Waals surface area contributed by atoms with Crippen molar-refractivity contribution >= 4 is 11.0 Å². The lowest BCUT2D eigenvalue weighted by Gasteiger charge is -2.08. The number of hydrogen-bond donors (Lipinski definition) is 1. The smallest absolute Gasteiger partial charge is 0.216 e. The summed E-state index contributed by atoms with van der Waals surface area (Å²) in [5.41, 5.74) is 4.43. The average molecular weight is 220 g/mol. The van der Waals surface area contributed by atoms with Gasteiger partial charge in [-0.15, -0.1) is 0 Å². The van der Waals surface area contributed by atoms with Crippen molar-refractivity contribution in [3.05, 3.63) is 29.1 Å². The number of H-pyrrole nitrogens is 1. The van der Waals surface area contributed by atoms with Crippen LogP contribution >= 0.6 is 0 Å². The summed E-state index contributed by atoms with van der Waals surface area (Å²) in [6.07, 6.45) is -0.437. The zero-order chi connectivity index (χ0) is 11.7. The summed E-state index contributed by atoms with van der Waals surface area (Å²) in [5, 5.41) is 0. The van der Waals surface area contributed by atoms with Gasteiger partial charge < -0.3 is 14.5 Å². The zero-order valence-corrected chi connectivity index (χ0v) is 10.00. The van der Waals surface area contributed by atoms with Crippen molar-refractivity contribution in [3.8, 4) is 0 Å². The Labute approximate surface area is 94.6 Å². The highest BCUT2D eigenvalue weighted by Crippen LogP contribution is 2.21. The number of nitrogens with zero attached hydrogens (tertiary/aromatic N) is 1. The van der Waals surface area contributed by atoms with Gasteiger partial charge in [0.1, 0.15) is 0 Å². The molecule has 16 heavy (non-hydrogen) atoms. The summed E-state index contributed by atoms with van der Waals surface area (Å²) in [6, 6.07) is 4.15. The summed E-state index contributed by atoms with van der Waals surface area (Å²) >= 11 is 0. The first-order valence-corrected chi connectivity index (χ1v) is 5.18. The Morgan fingerprint density at radius 3 is 2.38 bits per heavy atom. The highest BCUT2D eigenvalue weighted by Gasteiger charge is 2.14. The van der Waals surface area contributed by atoms with Crippen LogP contribution in [0.5, 0.6) is 0 Å². The van der Waals surface area contributed by atoms with Gasteiger partial charge in [-0.3, -0.25) is 0 Å². The molecule has 0 fully saturated rings. The molecule has 0 amide bonds. The number of ether oxygens (including phenoxy) is 2. The van der Waals surface area contributed by atoms with Gasteiger partial charge in [-0.25, -0.2) is 4.98 Å². The Hall–Kier alpha value is -1.39. The van der Waals surface area contributed by atoms with E-state index < -0.39 is 6.29 Å². The molecule has 0 saturated carbocycles. The van der Waals surface area contributed by atoms with Gasteiger partial charge in [0.2, 0.25) is 6.29 Å². The summed E-state index contributed by atoms with van der Waals surface area (Å²) in [6.45, 7) is 4.16. The van der Waals surface area contributed by atoms with Crippen LogP contribution in [0.3, 0.4) is 0 Å². The molecule has 4 nitrogen and oxygen atoms in total. The van der Waals surface area contributed by atoms with Gasteiger partial charge in [0.05, 0.1) is 11.0 Å². The van der Waals surface area contributed by atoms with Gasteiger partial charge in [-0.05, 0) is 37.1 Å². The predicted octanol–water partition coefficient (Wildman–Crippen LogP) is 2.47. The Bertz CT molecular complexity index is 462. The monoisotopic (exact) mass is 220 g/mol. The topological polar surface area (TPSA) is 47.1 Å². The van der Waals surface area contributed by atoms with Crippen molar-refractivity contribution in [1.82, 2.24) is 9.97 Å². The van der Waals surface area contributed by atoms with Crippen molar-refractivity contribution in [2.45, 2.75) is 20.1 Å². The quantitative estimate of drug-likeness (QED) is 0.808. The van der Waals surface area contributed by atoms with Crippen LogP contribution in [0.2, 0.25) is 0 Å². The Morgan fingerprint density at radius 1 is 1.12 bits per heavy atom. The minimum Gasteiger partial charge on any atom is -0.349 e. The fraction of sp³-hybridized carbons (Fsp3) is 0.417. The van der Waals surface area contributed by atoms with Crippen LogP contribution < -0.4 is 0 Å². The number of methoxy groups -OCH3 is 2. The maximum atomic E-state index is 5.16. The predicted molar refractivity (Wildman–Crippen MR) is 62.3 cm³/mol. The molecule has 1 aromatic carbocycles. The van der Waals surface area contributed by atoms with Gasteiger partial charge in [-0.2, -0.15) is 0 Å². The molecule has 0 atom stereocenters. The third-order valence-electron chi connectivity index (χ3n) is 2.77. The van der Waals surface area contributed by atoms with Crippen LogP contribution in [0, 0.1) is 13.8 Å². The molecule has 2 aromatic rings. The second-order valence-corrected chi connectivity index (χ2v) is 3.88. The first-order chi connectivity index (χ1) is 7.65. The number of rotatable bonds is 3. The van der Waals surface area contributed by atoms with E-state index in [0.29, 0.717) is 5.82 Å². The maximum absolute atomic E-state index is 5.16. The van der Waals surface area contributed by atoms with Crippen molar-refractivity contribution < 1.29 is 9.47 Å². The lowest BCUT2D eigenvalue weighted by molar-refractivity contribution is -0.110. The molecular formula is C12H16N2O2. The molecule has 2 rings (SSSR count). The number of hydrogen-bond acceptors (Lipinski definition) is 3. The van der Waals surface area contributed by atoms with E-state index >= 15 is 0 Å². The summed E-state index contributed by atoms with van der Waals surface area (Å²) in [7, 11) is 3.19. The Balaban J connectivity index is 2.51. The van der Waals surface area contributed by atoms with E-state index in [4.69, 9.17) is 9.47 Å². The molecule has 1 heterocycles. The van der Waals surface area contributed by atoms with E-state index in [1.54, 1.807) is 14.2 Å². The Morgan fingerprint density at radius 2 is 1.75 bits per heavy atom. The van der Waals surface area contributed by atoms with E-state index in [1.807, 2.05) is 0 Å². The highest BCUT2D eigenvalue weighted by molar-refractivity contribution is 5.77. The van der Waals surface area contributed by atoms with Crippen molar-refractivity contribution in [3.63, 3.8) is 0 Å². The molecule has 4 heteroatoms. The van der Waals surface area contributed by atoms with Gasteiger partial charge in [-0.1, -0.05) is 0 Å². The number of aromatic nitrogens is 2. The SMILES string of the molecule is COC(OC)c1nc2cc(C)c(C)cc2[nH]1. The molecule has 0 saturated heterocycles. The number of aryl methyl sites for hydroxylation is 2. The molecule has 0 radical (unpaired) electrons. The molecular weight excluding hydrogens is 204 g/mol. The summed E-state index contributed by atoms with van der Waals surface area (Å²) in [5.74, 6) is 0.699. The molecule has 0 aliphatic carbocycles. The standard InChI is InChI=1S/C12H16N2O2/c1-7-5-9-10(6-8(7)2)14-11(13-9)12(15-3)16-4/h5-6,12H,1-4H3,(H,13,14). The van der Waals surface area contributed by atoms with Crippen molar-refractivity contribution in [2.75, 3.05) is 14.2 Å². The first-order valence-electron chi connectivity index (χ1n) is 5.18. The fourth-order valence-electron chi connectivity index (χ4n) is 1.72. The molecule has 0 bridgehead atoms. The molecule has 1 N–H and O–H groups in total. The second-order valence-electron chi connectivity index (χ2n) is 3.88. The zero-order valence-electron chi connectivity index (χ0n) is 10.00. The Kier molecular flexibility index (Phi) is 2.94. The molecule has 0 aliphatic rings. The number of nitrogens with one attached hydrogen (secondary N) is 1. The van der Waals surface area contributed by atoms with Crippen LogP contribution in [-0.4, -0.2) is 24.2 Å². The molecule has 1 aromatic heterocycles. The van der Waals surface area contributed by atoms with Gasteiger partial charge in [0, 0.05) is 14.2 Å². The normalized spacial score (nSPS) is 11.6.